The Morgan fingerprint density at radius 3 is 2.32 bits per heavy atom. The quantitative estimate of drug-likeness (QED) is 0.795. The number of carbonyl (C=O) groups is 3. The molecule has 2 rings (SSSR count). The molecule has 1 atom stereocenters. The summed E-state index contributed by atoms with van der Waals surface area (Å²) in [5, 5.41) is 2.35. The van der Waals surface area contributed by atoms with Crippen LogP contribution in [0, 0.1) is 11.8 Å². The van der Waals surface area contributed by atoms with Crippen molar-refractivity contribution in [3.63, 3.8) is 0 Å². The Labute approximate surface area is 113 Å². The lowest BCUT2D eigenvalue weighted by molar-refractivity contribution is -0.148. The summed E-state index contributed by atoms with van der Waals surface area (Å²) in [5.74, 6) is -1.31. The maximum absolute atomic E-state index is 12.6. The zero-order valence-corrected chi connectivity index (χ0v) is 11.9. The number of hydrogen-bond acceptors (Lipinski definition) is 3. The van der Waals surface area contributed by atoms with Crippen molar-refractivity contribution in [2.75, 3.05) is 0 Å². The highest BCUT2D eigenvalue weighted by atomic mass is 16.2. The average molecular weight is 266 g/mol. The molecule has 0 aromatic carbocycles. The van der Waals surface area contributed by atoms with Gasteiger partial charge in [-0.3, -0.25) is 19.8 Å². The van der Waals surface area contributed by atoms with Crippen molar-refractivity contribution in [3.05, 3.63) is 0 Å². The van der Waals surface area contributed by atoms with Crippen LogP contribution >= 0.6 is 0 Å². The number of amides is 4. The number of carbonyl (C=O) groups excluding carboxylic acids is 3. The lowest BCUT2D eigenvalue weighted by Gasteiger charge is -2.41. The highest BCUT2D eigenvalue weighted by Gasteiger charge is 2.49. The Bertz CT molecular complexity index is 411. The monoisotopic (exact) mass is 266 g/mol. The molecular weight excluding hydrogens is 244 g/mol. The Morgan fingerprint density at radius 2 is 1.79 bits per heavy atom. The molecule has 1 aliphatic heterocycles. The fourth-order valence-corrected chi connectivity index (χ4v) is 3.03. The number of imide groups is 2. The van der Waals surface area contributed by atoms with Crippen LogP contribution in [0.2, 0.25) is 0 Å². The van der Waals surface area contributed by atoms with E-state index in [1.165, 1.54) is 4.90 Å². The smallest absolute Gasteiger partial charge is 0.277 e. The highest BCUT2D eigenvalue weighted by Crippen LogP contribution is 2.35. The minimum atomic E-state index is -0.675. The topological polar surface area (TPSA) is 66.5 Å². The number of nitrogens with zero attached hydrogens (tertiary/aromatic N) is 1. The zero-order chi connectivity index (χ0) is 14.2. The molecule has 0 radical (unpaired) electrons. The second-order valence-corrected chi connectivity index (χ2v) is 6.16. The first-order chi connectivity index (χ1) is 8.88. The standard InChI is InChI=1S/C14H22N2O3/c1-4-14(2,3)16-12(18)10(9-7-5-6-8-9)11(17)15-13(16)19/h9-10H,4-8H2,1-3H3,(H,15,17,19). The van der Waals surface area contributed by atoms with E-state index < -0.39 is 23.4 Å². The van der Waals surface area contributed by atoms with Gasteiger partial charge in [0.15, 0.2) is 0 Å². The third-order valence-corrected chi connectivity index (χ3v) is 4.54. The SMILES string of the molecule is CCC(C)(C)N1C(=O)NC(=O)C(C2CCCC2)C1=O. The normalized spacial score (nSPS) is 25.9. The number of barbiturate groups is 1. The first kappa shape index (κ1) is 14.0. The van der Waals surface area contributed by atoms with Crippen molar-refractivity contribution in [1.29, 1.82) is 0 Å². The van der Waals surface area contributed by atoms with Gasteiger partial charge in [0.1, 0.15) is 5.92 Å². The first-order valence-corrected chi connectivity index (χ1v) is 7.07. The van der Waals surface area contributed by atoms with Gasteiger partial charge in [-0.15, -0.1) is 0 Å². The Kier molecular flexibility index (Phi) is 3.65. The van der Waals surface area contributed by atoms with Gasteiger partial charge in [0, 0.05) is 5.54 Å². The van der Waals surface area contributed by atoms with Crippen LogP contribution in [-0.4, -0.2) is 28.3 Å². The molecule has 5 nitrogen and oxygen atoms in total. The number of rotatable bonds is 3. The molecule has 4 amide bonds. The highest BCUT2D eigenvalue weighted by molar-refractivity contribution is 6.16. The molecule has 2 fully saturated rings. The maximum atomic E-state index is 12.6. The van der Waals surface area contributed by atoms with Crippen LogP contribution in [0.15, 0.2) is 0 Å². The van der Waals surface area contributed by atoms with E-state index >= 15 is 0 Å². The average Bonchev–Trinajstić information content (AvgIpc) is 2.81. The van der Waals surface area contributed by atoms with Crippen LogP contribution in [-0.2, 0) is 9.59 Å². The van der Waals surface area contributed by atoms with Crippen LogP contribution in [0.25, 0.3) is 0 Å². The second-order valence-electron chi connectivity index (χ2n) is 6.16. The van der Waals surface area contributed by atoms with Gasteiger partial charge >= 0.3 is 6.03 Å². The first-order valence-electron chi connectivity index (χ1n) is 7.07. The number of urea groups is 1. The molecule has 1 unspecified atom stereocenters. The Morgan fingerprint density at radius 1 is 1.21 bits per heavy atom. The molecular formula is C14H22N2O3. The summed E-state index contributed by atoms with van der Waals surface area (Å²) < 4.78 is 0. The van der Waals surface area contributed by atoms with Crippen LogP contribution in [0.3, 0.4) is 0 Å². The summed E-state index contributed by atoms with van der Waals surface area (Å²) in [7, 11) is 0. The third kappa shape index (κ3) is 2.38. The summed E-state index contributed by atoms with van der Waals surface area (Å²) >= 11 is 0. The Balaban J connectivity index is 2.28. The van der Waals surface area contributed by atoms with E-state index in [9.17, 15) is 14.4 Å². The van der Waals surface area contributed by atoms with Gasteiger partial charge in [0.05, 0.1) is 0 Å². The van der Waals surface area contributed by atoms with Gasteiger partial charge in [-0.1, -0.05) is 19.8 Å². The predicted octanol–water partition coefficient (Wildman–Crippen LogP) is 2.06. The van der Waals surface area contributed by atoms with E-state index in [4.69, 9.17) is 0 Å². The summed E-state index contributed by atoms with van der Waals surface area (Å²) in [6, 6.07) is -0.573. The molecule has 1 N–H and O–H groups in total. The summed E-state index contributed by atoms with van der Waals surface area (Å²) in [6.07, 6.45) is 4.59. The predicted molar refractivity (Wildman–Crippen MR) is 70.2 cm³/mol. The molecule has 5 heteroatoms. The molecule has 0 bridgehead atoms. The van der Waals surface area contributed by atoms with Crippen LogP contribution in [0.4, 0.5) is 4.79 Å². The fourth-order valence-electron chi connectivity index (χ4n) is 3.03. The van der Waals surface area contributed by atoms with Gasteiger partial charge in [0.25, 0.3) is 0 Å². The molecule has 1 aliphatic carbocycles. The maximum Gasteiger partial charge on any atom is 0.331 e. The van der Waals surface area contributed by atoms with Crippen molar-refractivity contribution in [3.8, 4) is 0 Å². The van der Waals surface area contributed by atoms with Crippen LogP contribution < -0.4 is 5.32 Å². The zero-order valence-electron chi connectivity index (χ0n) is 11.9. The number of nitrogens with one attached hydrogen (secondary N) is 1. The molecule has 1 saturated carbocycles. The lowest BCUT2D eigenvalue weighted by Crippen LogP contribution is -2.65. The summed E-state index contributed by atoms with van der Waals surface area (Å²) in [4.78, 5) is 37.8. The van der Waals surface area contributed by atoms with Crippen molar-refractivity contribution in [2.45, 2.75) is 58.4 Å². The van der Waals surface area contributed by atoms with Crippen molar-refractivity contribution in [1.82, 2.24) is 10.2 Å². The van der Waals surface area contributed by atoms with E-state index in [1.54, 1.807) is 0 Å². The van der Waals surface area contributed by atoms with Crippen LogP contribution in [0.1, 0.15) is 52.9 Å². The van der Waals surface area contributed by atoms with Gasteiger partial charge in [-0.25, -0.2) is 4.79 Å². The number of hydrogen-bond donors (Lipinski definition) is 1. The van der Waals surface area contributed by atoms with E-state index in [2.05, 4.69) is 5.32 Å². The van der Waals surface area contributed by atoms with E-state index in [1.807, 2.05) is 20.8 Å². The summed E-state index contributed by atoms with van der Waals surface area (Å²) in [5.41, 5.74) is -0.557. The van der Waals surface area contributed by atoms with Crippen molar-refractivity contribution in [2.24, 2.45) is 11.8 Å². The molecule has 0 aromatic rings. The van der Waals surface area contributed by atoms with Crippen molar-refractivity contribution < 1.29 is 14.4 Å². The fraction of sp³-hybridized carbons (Fsp3) is 0.786. The molecule has 19 heavy (non-hydrogen) atoms. The van der Waals surface area contributed by atoms with E-state index in [-0.39, 0.29) is 11.8 Å². The van der Waals surface area contributed by atoms with Gasteiger partial charge in [-0.2, -0.15) is 0 Å². The molecule has 106 valence electrons. The van der Waals surface area contributed by atoms with Crippen molar-refractivity contribution >= 4 is 17.8 Å². The minimum Gasteiger partial charge on any atom is -0.277 e. The Hall–Kier alpha value is -1.39. The van der Waals surface area contributed by atoms with Gasteiger partial charge < -0.3 is 0 Å². The lowest BCUT2D eigenvalue weighted by atomic mass is 9.85. The molecule has 0 aromatic heterocycles. The van der Waals surface area contributed by atoms with Crippen LogP contribution in [0.5, 0.6) is 0 Å². The second kappa shape index (κ2) is 4.94. The molecule has 0 spiro atoms. The van der Waals surface area contributed by atoms with E-state index in [0.717, 1.165) is 25.7 Å². The molecule has 2 aliphatic rings. The van der Waals surface area contributed by atoms with Gasteiger partial charge in [-0.05, 0) is 39.0 Å². The molecule has 1 heterocycles. The van der Waals surface area contributed by atoms with Gasteiger partial charge in [0.2, 0.25) is 11.8 Å². The van der Waals surface area contributed by atoms with E-state index in [0.29, 0.717) is 6.42 Å². The summed E-state index contributed by atoms with van der Waals surface area (Å²) in [6.45, 7) is 5.64. The third-order valence-electron chi connectivity index (χ3n) is 4.54. The largest absolute Gasteiger partial charge is 0.331 e. The molecule has 1 saturated heterocycles. The minimum absolute atomic E-state index is 0.0933.